The first-order valence-corrected chi connectivity index (χ1v) is 24.1. The zero-order chi connectivity index (χ0) is 47.4. The lowest BCUT2D eigenvalue weighted by Crippen LogP contribution is -2.64. The summed E-state index contributed by atoms with van der Waals surface area (Å²) in [7, 11) is 2.93. The average Bonchev–Trinajstić information content (AvgIpc) is 3.31. The number of hydrogen-bond donors (Lipinski definition) is 2. The van der Waals surface area contributed by atoms with Gasteiger partial charge in [0, 0.05) is 45.1 Å². The lowest BCUT2D eigenvalue weighted by Gasteiger charge is -2.47. The van der Waals surface area contributed by atoms with Crippen LogP contribution in [-0.2, 0) is 54.2 Å². The number of nitrogens with two attached hydrogens (primary N) is 1. The largest absolute Gasteiger partial charge is 0.456 e. The topological polar surface area (TPSA) is 173 Å². The summed E-state index contributed by atoms with van der Waals surface area (Å²) in [6, 6.07) is 8.71. The molecular formula is C51H77FN2O11. The number of nitrogens with zero attached hydrogens (tertiary/aromatic N) is 1. The van der Waals surface area contributed by atoms with Crippen LogP contribution in [0, 0.1) is 29.6 Å². The van der Waals surface area contributed by atoms with Crippen LogP contribution in [0.15, 0.2) is 53.6 Å². The number of amides is 1. The quantitative estimate of drug-likeness (QED) is 0.101. The number of allylic oxidation sites excluding steroid dienone is 3. The average molecular weight is 913 g/mol. The molecule has 1 aromatic rings. The van der Waals surface area contributed by atoms with E-state index >= 15 is 4.39 Å². The highest BCUT2D eigenvalue weighted by atomic mass is 19.1. The first-order chi connectivity index (χ1) is 31.0. The van der Waals surface area contributed by atoms with Crippen molar-refractivity contribution in [3.8, 4) is 0 Å². The smallest absolute Gasteiger partial charge is 0.329 e. The minimum Gasteiger partial charge on any atom is -0.456 e. The van der Waals surface area contributed by atoms with Crippen LogP contribution in [-0.4, -0.2) is 122 Å². The fourth-order valence-electron chi connectivity index (χ4n) is 10.3. The van der Waals surface area contributed by atoms with E-state index in [2.05, 4.69) is 6.08 Å². The molecule has 3 fully saturated rings. The van der Waals surface area contributed by atoms with Gasteiger partial charge in [0.15, 0.2) is 0 Å². The van der Waals surface area contributed by atoms with Crippen LogP contribution in [0.1, 0.15) is 118 Å². The number of halogens is 1. The van der Waals surface area contributed by atoms with Gasteiger partial charge in [-0.3, -0.25) is 14.4 Å². The Morgan fingerprint density at radius 1 is 0.938 bits per heavy atom. The number of ketones is 2. The number of alkyl halides is 1. The number of Topliss-reactive ketones (excluding diaryl/α,β-unsaturated/α-hetero) is 2. The molecule has 13 nitrogen and oxygen atoms in total. The first kappa shape index (κ1) is 52.6. The second kappa shape index (κ2) is 24.6. The maximum absolute atomic E-state index is 16.3. The monoisotopic (exact) mass is 913 g/mol. The highest BCUT2D eigenvalue weighted by molar-refractivity contribution is 6.39. The third-order valence-electron chi connectivity index (χ3n) is 14.4. The molecule has 65 heavy (non-hydrogen) atoms. The molecule has 3 aliphatic heterocycles. The molecule has 3 N–H and O–H groups in total. The molecule has 14 heteroatoms. The van der Waals surface area contributed by atoms with Gasteiger partial charge < -0.3 is 44.2 Å². The summed E-state index contributed by atoms with van der Waals surface area (Å²) < 4.78 is 52.6. The van der Waals surface area contributed by atoms with Gasteiger partial charge in [-0.2, -0.15) is 0 Å². The summed E-state index contributed by atoms with van der Waals surface area (Å²) in [5.41, 5.74) is 8.86. The number of carbonyl (C=O) groups is 4. The number of methoxy groups -OCH3 is 2. The van der Waals surface area contributed by atoms with E-state index in [1.54, 1.807) is 26.8 Å². The van der Waals surface area contributed by atoms with Gasteiger partial charge in [0.25, 0.3) is 11.7 Å². The third-order valence-corrected chi connectivity index (χ3v) is 14.4. The second-order valence-electron chi connectivity index (χ2n) is 19.3. The maximum Gasteiger partial charge on any atom is 0.329 e. The summed E-state index contributed by atoms with van der Waals surface area (Å²) >= 11 is 0. The lowest BCUT2D eigenvalue weighted by atomic mass is 9.81. The van der Waals surface area contributed by atoms with Crippen LogP contribution >= 0.6 is 0 Å². The van der Waals surface area contributed by atoms with Crippen molar-refractivity contribution >= 4 is 23.4 Å². The van der Waals surface area contributed by atoms with Crippen LogP contribution in [0.5, 0.6) is 0 Å². The van der Waals surface area contributed by atoms with Gasteiger partial charge >= 0.3 is 5.97 Å². The van der Waals surface area contributed by atoms with E-state index in [0.717, 1.165) is 24.0 Å². The molecule has 3 heterocycles. The van der Waals surface area contributed by atoms with E-state index in [9.17, 15) is 24.3 Å². The zero-order valence-corrected chi connectivity index (χ0v) is 40.1. The minimum atomic E-state index is -2.57. The van der Waals surface area contributed by atoms with E-state index in [1.807, 2.05) is 51.1 Å². The van der Waals surface area contributed by atoms with Crippen molar-refractivity contribution in [3.05, 3.63) is 59.2 Å². The summed E-state index contributed by atoms with van der Waals surface area (Å²) in [6.45, 7) is 12.2. The Morgan fingerprint density at radius 3 is 2.34 bits per heavy atom. The Morgan fingerprint density at radius 2 is 1.65 bits per heavy atom. The van der Waals surface area contributed by atoms with Crippen molar-refractivity contribution in [1.82, 2.24) is 4.90 Å². The Bertz CT molecular complexity index is 1790. The molecule has 0 spiro atoms. The van der Waals surface area contributed by atoms with Gasteiger partial charge in [-0.15, -0.1) is 0 Å². The molecule has 364 valence electrons. The normalized spacial score (nSPS) is 37.4. The molecule has 1 aliphatic carbocycles. The number of ether oxygens (including phenoxy) is 6. The van der Waals surface area contributed by atoms with Crippen molar-refractivity contribution < 1.29 is 57.1 Å². The number of cyclic esters (lactones) is 1. The van der Waals surface area contributed by atoms with Crippen LogP contribution in [0.25, 0.3) is 0 Å². The highest BCUT2D eigenvalue weighted by Gasteiger charge is 2.56. The first-order valence-electron chi connectivity index (χ1n) is 24.1. The van der Waals surface area contributed by atoms with Crippen molar-refractivity contribution in [1.29, 1.82) is 0 Å². The number of carbonyl (C=O) groups excluding carboxylic acids is 4. The van der Waals surface area contributed by atoms with E-state index in [4.69, 9.17) is 34.2 Å². The molecule has 2 bridgehead atoms. The molecule has 14 atom stereocenters. The molecule has 14 unspecified atom stereocenters. The summed E-state index contributed by atoms with van der Waals surface area (Å²) in [4.78, 5) is 58.2. The van der Waals surface area contributed by atoms with Crippen molar-refractivity contribution in [3.63, 3.8) is 0 Å². The van der Waals surface area contributed by atoms with Gasteiger partial charge in [-0.1, -0.05) is 70.2 Å². The predicted octanol–water partition coefficient (Wildman–Crippen LogP) is 7.00. The van der Waals surface area contributed by atoms with Gasteiger partial charge in [-0.25, -0.2) is 9.18 Å². The number of piperidine rings is 1. The van der Waals surface area contributed by atoms with Gasteiger partial charge in [0.2, 0.25) is 5.79 Å². The van der Waals surface area contributed by atoms with Crippen molar-refractivity contribution in [2.45, 2.75) is 173 Å². The molecule has 1 saturated carbocycles. The van der Waals surface area contributed by atoms with Crippen LogP contribution < -0.4 is 5.73 Å². The molecule has 1 aromatic carbocycles. The molecule has 0 aromatic heterocycles. The van der Waals surface area contributed by atoms with Gasteiger partial charge in [0.05, 0.1) is 38.1 Å². The molecule has 0 radical (unpaired) electrons. The molecule has 5 rings (SSSR count). The third kappa shape index (κ3) is 13.4. The van der Waals surface area contributed by atoms with E-state index < -0.39 is 77.8 Å². The maximum atomic E-state index is 16.3. The fourth-order valence-corrected chi connectivity index (χ4v) is 10.3. The van der Waals surface area contributed by atoms with Crippen molar-refractivity contribution in [2.75, 3.05) is 34.0 Å². The number of benzene rings is 1. The Labute approximate surface area is 386 Å². The van der Waals surface area contributed by atoms with E-state index in [1.165, 1.54) is 19.1 Å². The highest BCUT2D eigenvalue weighted by Crippen LogP contribution is 2.39. The number of aliphatic hydroxyl groups is 1. The standard InChI is InChI=1S/C51H77FN2O11/c1-9-38-26-32(3)45(52)33(4)27-43(60-7)47-44(61-8)28-35(6)51(59,65-47)48(56)49(57)54-22-14-13-17-40(54)50(58)64-46(31(2)18-21-41(38)55)34(5)25-37-19-20-39(53)42(29-37)63-24-23-62-30-36-15-11-10-12-16-36/h10-12,15-16,25-26,31,33,35,37-40,42-47,59H,9,13-14,17-24,27-30,53H2,1-8H3/b32-26+,34-25?. The molecule has 1 amide bonds. The van der Waals surface area contributed by atoms with E-state index in [0.29, 0.717) is 57.5 Å². The summed E-state index contributed by atoms with van der Waals surface area (Å²) in [5.74, 6) is -7.77. The van der Waals surface area contributed by atoms with Crippen LogP contribution in [0.4, 0.5) is 4.39 Å². The Hall–Kier alpha value is -3.37. The lowest BCUT2D eigenvalue weighted by molar-refractivity contribution is -0.302. The second-order valence-corrected chi connectivity index (χ2v) is 19.3. The number of rotatable bonds is 11. The number of fused-ring (bicyclic) bond motifs is 3. The molecule has 2 saturated heterocycles. The van der Waals surface area contributed by atoms with Crippen LogP contribution in [0.3, 0.4) is 0 Å². The molecular weight excluding hydrogens is 836 g/mol. The SMILES string of the molecule is CCC1/C=C(\C)C(F)C(C)CC(OC)C2OC(O)(C(=O)C(=O)N3CCCCC3C(=O)OC(C(C)=CC3CCC(N)C(OCCOCc4ccccc4)C3)C(C)CCC1=O)C(C)CC2OC. The molecule has 4 aliphatic rings. The fraction of sp³-hybridized carbons (Fsp3) is 0.725. The van der Waals surface area contributed by atoms with Crippen molar-refractivity contribution in [2.24, 2.45) is 35.3 Å². The van der Waals surface area contributed by atoms with E-state index in [-0.39, 0.29) is 62.0 Å². The summed E-state index contributed by atoms with van der Waals surface area (Å²) in [6.07, 6.45) is 3.87. The van der Waals surface area contributed by atoms with Gasteiger partial charge in [-0.05, 0) is 113 Å². The van der Waals surface area contributed by atoms with Crippen LogP contribution in [0.2, 0.25) is 0 Å². The van der Waals surface area contributed by atoms with Gasteiger partial charge in [0.1, 0.15) is 30.2 Å². The Kier molecular flexibility index (Phi) is 19.9. The Balaban J connectivity index is 1.42. The number of esters is 1. The minimum absolute atomic E-state index is 0.0329. The zero-order valence-electron chi connectivity index (χ0n) is 40.1. The summed E-state index contributed by atoms with van der Waals surface area (Å²) in [5, 5.41) is 12.1. The predicted molar refractivity (Wildman–Crippen MR) is 244 cm³/mol. The number of hydrogen-bond acceptors (Lipinski definition) is 12.